The van der Waals surface area contributed by atoms with Crippen molar-refractivity contribution in [3.8, 4) is 0 Å². The molecule has 0 spiro atoms. The molecule has 0 aliphatic carbocycles. The lowest BCUT2D eigenvalue weighted by atomic mass is 10.4. The highest BCUT2D eigenvalue weighted by Crippen LogP contribution is 2.17. The van der Waals surface area contributed by atoms with Crippen LogP contribution in [0.3, 0.4) is 0 Å². The Morgan fingerprint density at radius 3 is 2.33 bits per heavy atom. The first-order chi connectivity index (χ1) is 8.63. The van der Waals surface area contributed by atoms with Crippen molar-refractivity contribution in [3.63, 3.8) is 0 Å². The van der Waals surface area contributed by atoms with Crippen LogP contribution in [0.2, 0.25) is 30.7 Å². The first kappa shape index (κ1) is 13.8. The molecule has 0 aliphatic heterocycles. The standard InChI is InChI=1S/C13H19ClO2SSi/c1-18(2,3)11-5-4-10-17(15,16)13-8-6-12(14)7-9-13/h4,6-10H,5,11H2,1-3H3/b10-4+/i10D. The monoisotopic (exact) mass is 303 g/mol. The summed E-state index contributed by atoms with van der Waals surface area (Å²) in [5.41, 5.74) is 0. The van der Waals surface area contributed by atoms with Gasteiger partial charge in [0.2, 0.25) is 0 Å². The second kappa shape index (κ2) is 6.04. The average molecular weight is 304 g/mol. The predicted molar refractivity (Wildman–Crippen MR) is 80.5 cm³/mol. The van der Waals surface area contributed by atoms with Crippen molar-refractivity contribution < 1.29 is 9.79 Å². The molecule has 0 N–H and O–H groups in total. The fourth-order valence-corrected chi connectivity index (χ4v) is 3.46. The van der Waals surface area contributed by atoms with Gasteiger partial charge in [0, 0.05) is 18.5 Å². The molecule has 18 heavy (non-hydrogen) atoms. The minimum atomic E-state index is -3.69. The van der Waals surface area contributed by atoms with Crippen LogP contribution in [0.4, 0.5) is 0 Å². The number of halogens is 1. The van der Waals surface area contributed by atoms with E-state index in [0.29, 0.717) is 11.4 Å². The Bertz CT molecular complexity index is 559. The summed E-state index contributed by atoms with van der Waals surface area (Å²) < 4.78 is 32.0. The molecule has 1 rings (SSSR count). The predicted octanol–water partition coefficient (Wildman–Crippen LogP) is 4.36. The van der Waals surface area contributed by atoms with Crippen LogP contribution < -0.4 is 0 Å². The summed E-state index contributed by atoms with van der Waals surface area (Å²) in [6.45, 7) is 6.66. The van der Waals surface area contributed by atoms with Gasteiger partial charge in [0.1, 0.15) is 0 Å². The van der Waals surface area contributed by atoms with Gasteiger partial charge in [-0.25, -0.2) is 8.42 Å². The normalized spacial score (nSPS) is 14.4. The van der Waals surface area contributed by atoms with E-state index >= 15 is 0 Å². The summed E-state index contributed by atoms with van der Waals surface area (Å²) in [6, 6.07) is 6.87. The van der Waals surface area contributed by atoms with Crippen LogP contribution in [0.15, 0.2) is 40.6 Å². The zero-order chi connectivity index (χ0) is 14.7. The molecule has 0 radical (unpaired) electrons. The van der Waals surface area contributed by atoms with E-state index in [1.807, 2.05) is 0 Å². The topological polar surface area (TPSA) is 34.1 Å². The van der Waals surface area contributed by atoms with Gasteiger partial charge < -0.3 is 0 Å². The van der Waals surface area contributed by atoms with Crippen LogP contribution in [-0.4, -0.2) is 16.5 Å². The van der Waals surface area contributed by atoms with Crippen LogP contribution in [-0.2, 0) is 9.84 Å². The van der Waals surface area contributed by atoms with Gasteiger partial charge >= 0.3 is 0 Å². The molecule has 0 aromatic heterocycles. The third kappa shape index (κ3) is 5.37. The molecule has 0 saturated heterocycles. The Morgan fingerprint density at radius 2 is 1.83 bits per heavy atom. The Kier molecular flexibility index (Phi) is 4.64. The van der Waals surface area contributed by atoms with Gasteiger partial charge in [-0.1, -0.05) is 43.4 Å². The van der Waals surface area contributed by atoms with Gasteiger partial charge in [0.15, 0.2) is 9.84 Å². The lowest BCUT2D eigenvalue weighted by molar-refractivity contribution is 0.604. The molecule has 0 aliphatic rings. The number of allylic oxidation sites excluding steroid dienone is 1. The highest BCUT2D eigenvalue weighted by molar-refractivity contribution is 7.94. The summed E-state index contributed by atoms with van der Waals surface area (Å²) in [7, 11) is -4.90. The van der Waals surface area contributed by atoms with Crippen molar-refractivity contribution in [1.82, 2.24) is 0 Å². The van der Waals surface area contributed by atoms with Crippen molar-refractivity contribution in [2.45, 2.75) is 37.0 Å². The smallest absolute Gasteiger partial charge is 0.199 e. The number of benzene rings is 1. The van der Waals surface area contributed by atoms with Crippen LogP contribution in [0, 0.1) is 0 Å². The minimum absolute atomic E-state index is 0.117. The van der Waals surface area contributed by atoms with E-state index in [0.717, 1.165) is 6.04 Å². The van der Waals surface area contributed by atoms with Crippen molar-refractivity contribution in [2.75, 3.05) is 0 Å². The molecule has 0 saturated carbocycles. The van der Waals surface area contributed by atoms with Crippen molar-refractivity contribution in [2.24, 2.45) is 0 Å². The molecule has 0 unspecified atom stereocenters. The van der Waals surface area contributed by atoms with E-state index in [-0.39, 0.29) is 10.3 Å². The number of hydrogen-bond donors (Lipinski definition) is 0. The van der Waals surface area contributed by atoms with E-state index < -0.39 is 17.9 Å². The third-order valence-electron chi connectivity index (χ3n) is 2.40. The lowest BCUT2D eigenvalue weighted by Gasteiger charge is -2.13. The molecule has 5 heteroatoms. The molecule has 1 aromatic carbocycles. The van der Waals surface area contributed by atoms with Crippen LogP contribution in [0.25, 0.3) is 0 Å². The van der Waals surface area contributed by atoms with Gasteiger partial charge in [0.05, 0.1) is 6.27 Å². The summed E-state index contributed by atoms with van der Waals surface area (Å²) in [5, 5.41) is 0.154. The maximum atomic E-state index is 12.1. The molecule has 2 nitrogen and oxygen atoms in total. The lowest BCUT2D eigenvalue weighted by Crippen LogP contribution is -2.18. The van der Waals surface area contributed by atoms with Crippen LogP contribution in [0.1, 0.15) is 7.79 Å². The number of rotatable bonds is 5. The minimum Gasteiger partial charge on any atom is -0.219 e. The Morgan fingerprint density at radius 1 is 1.28 bits per heavy atom. The highest BCUT2D eigenvalue weighted by atomic mass is 35.5. The van der Waals surface area contributed by atoms with Crippen LogP contribution >= 0.6 is 11.6 Å². The molecule has 100 valence electrons. The summed E-state index contributed by atoms with van der Waals surface area (Å²) in [5.74, 6) is 0. The van der Waals surface area contributed by atoms with Crippen molar-refractivity contribution >= 4 is 29.5 Å². The van der Waals surface area contributed by atoms with Crippen molar-refractivity contribution in [3.05, 3.63) is 40.7 Å². The largest absolute Gasteiger partial charge is 0.219 e. The van der Waals surface area contributed by atoms with Gasteiger partial charge in [-0.2, -0.15) is 0 Å². The third-order valence-corrected chi connectivity index (χ3v) is 5.81. The number of sulfone groups is 1. The van der Waals surface area contributed by atoms with Crippen LogP contribution in [0.5, 0.6) is 0 Å². The van der Waals surface area contributed by atoms with Gasteiger partial charge in [0.25, 0.3) is 0 Å². The second-order valence-corrected chi connectivity index (χ2v) is 13.2. The quantitative estimate of drug-likeness (QED) is 0.758. The van der Waals surface area contributed by atoms with E-state index in [1.54, 1.807) is 0 Å². The molecule has 0 heterocycles. The van der Waals surface area contributed by atoms with Gasteiger partial charge in [-0.3, -0.25) is 0 Å². The first-order valence-electron chi connectivity index (χ1n) is 6.30. The highest BCUT2D eigenvalue weighted by Gasteiger charge is 2.12. The Labute approximate surface area is 117 Å². The zero-order valence-corrected chi connectivity index (χ0v) is 13.5. The van der Waals surface area contributed by atoms with E-state index in [4.69, 9.17) is 13.0 Å². The summed E-state index contributed by atoms with van der Waals surface area (Å²) in [6.07, 6.45) is 2.14. The summed E-state index contributed by atoms with van der Waals surface area (Å²) >= 11 is 5.72. The second-order valence-electron chi connectivity index (χ2n) is 5.38. The fourth-order valence-electron chi connectivity index (χ4n) is 1.36. The van der Waals surface area contributed by atoms with E-state index in [1.165, 1.54) is 30.3 Å². The molecule has 1 aromatic rings. The van der Waals surface area contributed by atoms with Gasteiger partial charge in [-0.05, 0) is 30.7 Å². The first-order valence-corrected chi connectivity index (χ1v) is 11.4. The molecule has 0 amide bonds. The number of hydrogen-bond acceptors (Lipinski definition) is 2. The summed E-state index contributed by atoms with van der Waals surface area (Å²) in [4.78, 5) is 0.117. The molecular formula is C13H19ClO2SSi. The maximum Gasteiger partial charge on any atom is 0.199 e. The molecule has 0 bridgehead atoms. The Balaban J connectivity index is 2.88. The Hall–Kier alpha value is -0.583. The van der Waals surface area contributed by atoms with Gasteiger partial charge in [-0.15, -0.1) is 0 Å². The molecule has 0 fully saturated rings. The van der Waals surface area contributed by atoms with E-state index in [9.17, 15) is 8.42 Å². The zero-order valence-electron chi connectivity index (χ0n) is 11.9. The van der Waals surface area contributed by atoms with Crippen molar-refractivity contribution in [1.29, 1.82) is 0 Å². The fraction of sp³-hybridized carbons (Fsp3) is 0.385. The SMILES string of the molecule is [2H]/C(=C\CC[Si](C)(C)C)S(=O)(=O)c1ccc(Cl)cc1. The average Bonchev–Trinajstić information content (AvgIpc) is 2.27. The molecule has 0 atom stereocenters. The maximum absolute atomic E-state index is 12.1. The molecular weight excluding hydrogens is 284 g/mol. The van der Waals surface area contributed by atoms with E-state index in [2.05, 4.69) is 19.6 Å².